The fourth-order valence-corrected chi connectivity index (χ4v) is 1.25. The molecule has 2 N–H and O–H groups in total. The molecular weight excluding hydrogens is 187 g/mol. The molecule has 13 heavy (non-hydrogen) atoms. The van der Waals surface area contributed by atoms with Gasteiger partial charge in [0.25, 0.3) is 0 Å². The van der Waals surface area contributed by atoms with E-state index >= 15 is 0 Å². The molecule has 1 amide bonds. The SMILES string of the molecule is CC1(C(N)=O)CCC(C(F)(F)F)O1. The molecule has 0 aromatic carbocycles. The second kappa shape index (κ2) is 2.87. The Balaban J connectivity index is 2.69. The van der Waals surface area contributed by atoms with Crippen molar-refractivity contribution >= 4 is 5.91 Å². The van der Waals surface area contributed by atoms with Crippen molar-refractivity contribution in [2.45, 2.75) is 37.6 Å². The van der Waals surface area contributed by atoms with Gasteiger partial charge in [0, 0.05) is 0 Å². The van der Waals surface area contributed by atoms with Gasteiger partial charge in [-0.2, -0.15) is 13.2 Å². The number of hydrogen-bond donors (Lipinski definition) is 1. The molecule has 1 aliphatic rings. The van der Waals surface area contributed by atoms with Crippen molar-refractivity contribution in [3.63, 3.8) is 0 Å². The molecule has 0 saturated carbocycles. The molecule has 1 aliphatic heterocycles. The third-order valence-corrected chi connectivity index (χ3v) is 2.17. The molecule has 0 aromatic rings. The highest BCUT2D eigenvalue weighted by Crippen LogP contribution is 2.38. The van der Waals surface area contributed by atoms with E-state index in [-0.39, 0.29) is 12.8 Å². The lowest BCUT2D eigenvalue weighted by molar-refractivity contribution is -0.225. The molecule has 1 saturated heterocycles. The van der Waals surface area contributed by atoms with E-state index < -0.39 is 23.8 Å². The predicted octanol–water partition coefficient (Wildman–Crippen LogP) is 0.972. The van der Waals surface area contributed by atoms with Crippen LogP contribution >= 0.6 is 0 Å². The van der Waals surface area contributed by atoms with Gasteiger partial charge in [-0.25, -0.2) is 0 Å². The van der Waals surface area contributed by atoms with Crippen LogP contribution in [0.1, 0.15) is 19.8 Å². The predicted molar refractivity (Wildman–Crippen MR) is 37.8 cm³/mol. The maximum atomic E-state index is 12.1. The van der Waals surface area contributed by atoms with Crippen LogP contribution < -0.4 is 5.73 Å². The molecule has 6 heteroatoms. The quantitative estimate of drug-likeness (QED) is 0.681. The summed E-state index contributed by atoms with van der Waals surface area (Å²) >= 11 is 0. The van der Waals surface area contributed by atoms with E-state index in [0.717, 1.165) is 0 Å². The van der Waals surface area contributed by atoms with E-state index in [1.165, 1.54) is 6.92 Å². The molecular formula is C7H10F3NO2. The Bertz CT molecular complexity index is 228. The summed E-state index contributed by atoms with van der Waals surface area (Å²) < 4.78 is 40.8. The minimum absolute atomic E-state index is 0.0203. The summed E-state index contributed by atoms with van der Waals surface area (Å²) in [5.74, 6) is -0.848. The minimum atomic E-state index is -4.41. The number of primary amides is 1. The van der Waals surface area contributed by atoms with Gasteiger partial charge in [-0.1, -0.05) is 0 Å². The van der Waals surface area contributed by atoms with Crippen molar-refractivity contribution in [2.75, 3.05) is 0 Å². The highest BCUT2D eigenvalue weighted by atomic mass is 19.4. The molecule has 1 heterocycles. The zero-order valence-corrected chi connectivity index (χ0v) is 7.02. The van der Waals surface area contributed by atoms with Crippen LogP contribution in [0, 0.1) is 0 Å². The van der Waals surface area contributed by atoms with Gasteiger partial charge >= 0.3 is 6.18 Å². The van der Waals surface area contributed by atoms with Gasteiger partial charge in [0.2, 0.25) is 5.91 Å². The van der Waals surface area contributed by atoms with Gasteiger partial charge < -0.3 is 10.5 Å². The Kier molecular flexibility index (Phi) is 2.27. The minimum Gasteiger partial charge on any atom is -0.367 e. The summed E-state index contributed by atoms with van der Waals surface area (Å²) in [5.41, 5.74) is 3.45. The van der Waals surface area contributed by atoms with E-state index in [1.807, 2.05) is 0 Å². The second-order valence-electron chi connectivity index (χ2n) is 3.28. The lowest BCUT2D eigenvalue weighted by Gasteiger charge is -2.21. The first-order valence-electron chi connectivity index (χ1n) is 3.80. The zero-order chi connectivity index (χ0) is 10.3. The number of nitrogens with two attached hydrogens (primary N) is 1. The lowest BCUT2D eigenvalue weighted by atomic mass is 10.0. The van der Waals surface area contributed by atoms with Crippen molar-refractivity contribution in [3.8, 4) is 0 Å². The molecule has 0 aliphatic carbocycles. The zero-order valence-electron chi connectivity index (χ0n) is 7.02. The molecule has 2 unspecified atom stereocenters. The van der Waals surface area contributed by atoms with Gasteiger partial charge in [-0.05, 0) is 19.8 Å². The van der Waals surface area contributed by atoms with Crippen molar-refractivity contribution < 1.29 is 22.7 Å². The summed E-state index contributed by atoms with van der Waals surface area (Å²) in [6.45, 7) is 1.28. The maximum Gasteiger partial charge on any atom is 0.414 e. The number of hydrogen-bond acceptors (Lipinski definition) is 2. The summed E-state index contributed by atoms with van der Waals surface area (Å²) in [6, 6.07) is 0. The Morgan fingerprint density at radius 3 is 2.38 bits per heavy atom. The summed E-state index contributed by atoms with van der Waals surface area (Å²) in [4.78, 5) is 10.7. The Morgan fingerprint density at radius 2 is 2.15 bits per heavy atom. The monoisotopic (exact) mass is 197 g/mol. The smallest absolute Gasteiger partial charge is 0.367 e. The van der Waals surface area contributed by atoms with Crippen molar-refractivity contribution in [2.24, 2.45) is 5.73 Å². The number of alkyl halides is 3. The number of ether oxygens (including phenoxy) is 1. The van der Waals surface area contributed by atoms with E-state index in [9.17, 15) is 18.0 Å². The van der Waals surface area contributed by atoms with Crippen LogP contribution in [0.3, 0.4) is 0 Å². The average Bonchev–Trinajstić information content (AvgIpc) is 2.31. The molecule has 0 aromatic heterocycles. The van der Waals surface area contributed by atoms with Crippen LogP contribution in [0.15, 0.2) is 0 Å². The van der Waals surface area contributed by atoms with Gasteiger partial charge in [0.1, 0.15) is 5.60 Å². The summed E-state index contributed by atoms with van der Waals surface area (Å²) in [7, 11) is 0. The van der Waals surface area contributed by atoms with Crippen molar-refractivity contribution in [1.82, 2.24) is 0 Å². The van der Waals surface area contributed by atoms with Crippen LogP contribution in [-0.4, -0.2) is 23.8 Å². The van der Waals surface area contributed by atoms with Crippen molar-refractivity contribution in [3.05, 3.63) is 0 Å². The molecule has 0 bridgehead atoms. The molecule has 1 fully saturated rings. The first-order chi connectivity index (χ1) is 5.76. The van der Waals surface area contributed by atoms with Gasteiger partial charge in [-0.15, -0.1) is 0 Å². The summed E-state index contributed by atoms with van der Waals surface area (Å²) in [5, 5.41) is 0. The van der Waals surface area contributed by atoms with E-state index in [2.05, 4.69) is 4.74 Å². The lowest BCUT2D eigenvalue weighted by Crippen LogP contribution is -2.42. The Labute approximate surface area is 73.0 Å². The summed E-state index contributed by atoms with van der Waals surface area (Å²) in [6.07, 6.45) is -6.45. The largest absolute Gasteiger partial charge is 0.414 e. The first-order valence-corrected chi connectivity index (χ1v) is 3.80. The average molecular weight is 197 g/mol. The standard InChI is InChI=1S/C7H10F3NO2/c1-6(5(11)12)3-2-4(13-6)7(8,9)10/h4H,2-3H2,1H3,(H2,11,12). The van der Waals surface area contributed by atoms with Crippen molar-refractivity contribution in [1.29, 1.82) is 0 Å². The number of rotatable bonds is 1. The van der Waals surface area contributed by atoms with Crippen LogP contribution in [0.5, 0.6) is 0 Å². The molecule has 2 atom stereocenters. The normalized spacial score (nSPS) is 34.9. The molecule has 0 spiro atoms. The molecule has 3 nitrogen and oxygen atoms in total. The Hall–Kier alpha value is -0.780. The van der Waals surface area contributed by atoms with Crippen LogP contribution in [0.2, 0.25) is 0 Å². The van der Waals surface area contributed by atoms with Crippen LogP contribution in [0.4, 0.5) is 13.2 Å². The highest BCUT2D eigenvalue weighted by molar-refractivity contribution is 5.83. The van der Waals surface area contributed by atoms with Crippen LogP contribution in [0.25, 0.3) is 0 Å². The van der Waals surface area contributed by atoms with Gasteiger partial charge in [-0.3, -0.25) is 4.79 Å². The van der Waals surface area contributed by atoms with E-state index in [4.69, 9.17) is 5.73 Å². The van der Waals surface area contributed by atoms with E-state index in [1.54, 1.807) is 0 Å². The number of halogens is 3. The van der Waals surface area contributed by atoms with Crippen LogP contribution in [-0.2, 0) is 9.53 Å². The molecule has 1 rings (SSSR count). The van der Waals surface area contributed by atoms with E-state index in [0.29, 0.717) is 0 Å². The first kappa shape index (κ1) is 10.3. The third-order valence-electron chi connectivity index (χ3n) is 2.17. The van der Waals surface area contributed by atoms with Gasteiger partial charge in [0.05, 0.1) is 0 Å². The Morgan fingerprint density at radius 1 is 1.62 bits per heavy atom. The second-order valence-corrected chi connectivity index (χ2v) is 3.28. The molecule has 76 valence electrons. The maximum absolute atomic E-state index is 12.1. The number of carbonyl (C=O) groups is 1. The fraction of sp³-hybridized carbons (Fsp3) is 0.857. The number of amides is 1. The topological polar surface area (TPSA) is 52.3 Å². The number of carbonyl (C=O) groups excluding carboxylic acids is 1. The third kappa shape index (κ3) is 1.93. The molecule has 0 radical (unpaired) electrons. The highest BCUT2D eigenvalue weighted by Gasteiger charge is 2.51. The van der Waals surface area contributed by atoms with Gasteiger partial charge in [0.15, 0.2) is 6.10 Å². The fourth-order valence-electron chi connectivity index (χ4n) is 1.25.